The van der Waals surface area contributed by atoms with Gasteiger partial charge in [0.15, 0.2) is 0 Å². The molecule has 1 unspecified atom stereocenters. The number of carboxylic acid groups (broad SMARTS) is 1. The van der Waals surface area contributed by atoms with Gasteiger partial charge in [-0.05, 0) is 31.5 Å². The van der Waals surface area contributed by atoms with Crippen LogP contribution in [0.2, 0.25) is 0 Å². The molecule has 0 radical (unpaired) electrons. The lowest BCUT2D eigenvalue weighted by atomic mass is 10.2. The topological polar surface area (TPSA) is 83.5 Å². The second-order valence-electron chi connectivity index (χ2n) is 4.00. The lowest BCUT2D eigenvalue weighted by Gasteiger charge is -2.13. The van der Waals surface area contributed by atoms with Gasteiger partial charge in [0.1, 0.15) is 10.7 Å². The Hall–Kier alpha value is -1.73. The lowest BCUT2D eigenvalue weighted by Crippen LogP contribution is -2.32. The highest BCUT2D eigenvalue weighted by molar-refractivity contribution is 7.89. The third-order valence-electron chi connectivity index (χ3n) is 2.34. The van der Waals surface area contributed by atoms with Crippen LogP contribution in [-0.4, -0.2) is 25.5 Å². The number of nitrogens with one attached hydrogen (secondary N) is 1. The number of hydrogen-bond donors (Lipinski definition) is 2. The van der Waals surface area contributed by atoms with Gasteiger partial charge in [0.05, 0.1) is 5.56 Å². The van der Waals surface area contributed by atoms with E-state index in [1.807, 2.05) is 0 Å². The SMILES string of the molecule is C=CCC(C)NS(=O)(=O)c1cc(C(=O)O)ccc1F. The molecule has 1 aromatic carbocycles. The minimum absolute atomic E-state index is 0.293. The molecule has 0 amide bonds. The number of aromatic carboxylic acids is 1. The monoisotopic (exact) mass is 287 g/mol. The zero-order chi connectivity index (χ0) is 14.6. The van der Waals surface area contributed by atoms with Gasteiger partial charge in [-0.15, -0.1) is 6.58 Å². The van der Waals surface area contributed by atoms with Crippen LogP contribution in [0, 0.1) is 5.82 Å². The molecule has 5 nitrogen and oxygen atoms in total. The first-order chi connectivity index (χ1) is 8.77. The fourth-order valence-corrected chi connectivity index (χ4v) is 2.83. The van der Waals surface area contributed by atoms with E-state index in [2.05, 4.69) is 11.3 Å². The summed E-state index contributed by atoms with van der Waals surface area (Å²) >= 11 is 0. The summed E-state index contributed by atoms with van der Waals surface area (Å²) in [6, 6.07) is 2.15. The van der Waals surface area contributed by atoms with E-state index in [0.717, 1.165) is 18.2 Å². The Morgan fingerprint density at radius 3 is 2.74 bits per heavy atom. The fourth-order valence-electron chi connectivity index (χ4n) is 1.47. The molecule has 0 heterocycles. The maximum absolute atomic E-state index is 13.5. The maximum atomic E-state index is 13.5. The van der Waals surface area contributed by atoms with Crippen LogP contribution in [0.5, 0.6) is 0 Å². The molecule has 0 saturated heterocycles. The van der Waals surface area contributed by atoms with Crippen molar-refractivity contribution in [2.45, 2.75) is 24.3 Å². The first-order valence-corrected chi connectivity index (χ1v) is 6.92. The van der Waals surface area contributed by atoms with E-state index in [-0.39, 0.29) is 5.56 Å². The second-order valence-corrected chi connectivity index (χ2v) is 5.68. The van der Waals surface area contributed by atoms with Gasteiger partial charge in [-0.2, -0.15) is 0 Å². The standard InChI is InChI=1S/C12H14FNO4S/c1-3-4-8(2)14-19(17,18)11-7-9(12(15)16)5-6-10(11)13/h3,5-8,14H,1,4H2,2H3,(H,15,16). The molecule has 0 saturated carbocycles. The maximum Gasteiger partial charge on any atom is 0.335 e. The number of carbonyl (C=O) groups is 1. The minimum Gasteiger partial charge on any atom is -0.478 e. The van der Waals surface area contributed by atoms with E-state index in [0.29, 0.717) is 6.42 Å². The van der Waals surface area contributed by atoms with E-state index in [9.17, 15) is 17.6 Å². The van der Waals surface area contributed by atoms with Crippen molar-refractivity contribution in [3.05, 3.63) is 42.2 Å². The molecule has 1 atom stereocenters. The first kappa shape index (κ1) is 15.3. The summed E-state index contributed by atoms with van der Waals surface area (Å²) in [5, 5.41) is 8.78. The van der Waals surface area contributed by atoms with E-state index in [1.165, 1.54) is 6.08 Å². The van der Waals surface area contributed by atoms with Crippen molar-refractivity contribution in [1.82, 2.24) is 4.72 Å². The van der Waals surface area contributed by atoms with Crippen LogP contribution in [-0.2, 0) is 10.0 Å². The molecule has 0 bridgehead atoms. The normalized spacial score (nSPS) is 12.9. The van der Waals surface area contributed by atoms with Crippen molar-refractivity contribution in [2.24, 2.45) is 0 Å². The van der Waals surface area contributed by atoms with E-state index in [4.69, 9.17) is 5.11 Å². The smallest absolute Gasteiger partial charge is 0.335 e. The third kappa shape index (κ3) is 3.87. The summed E-state index contributed by atoms with van der Waals surface area (Å²) in [6.45, 7) is 5.07. The van der Waals surface area contributed by atoms with Gasteiger partial charge in [-0.3, -0.25) is 0 Å². The Morgan fingerprint density at radius 2 is 2.21 bits per heavy atom. The highest BCUT2D eigenvalue weighted by Gasteiger charge is 2.22. The van der Waals surface area contributed by atoms with Crippen LogP contribution in [0.25, 0.3) is 0 Å². The minimum atomic E-state index is -4.10. The number of carboxylic acids is 1. The quantitative estimate of drug-likeness (QED) is 0.781. The van der Waals surface area contributed by atoms with Crippen LogP contribution in [0.15, 0.2) is 35.7 Å². The number of sulfonamides is 1. The van der Waals surface area contributed by atoms with Crippen molar-refractivity contribution < 1.29 is 22.7 Å². The average Bonchev–Trinajstić information content (AvgIpc) is 2.28. The highest BCUT2D eigenvalue weighted by atomic mass is 32.2. The molecule has 19 heavy (non-hydrogen) atoms. The van der Waals surface area contributed by atoms with E-state index in [1.54, 1.807) is 6.92 Å². The Bertz CT molecular complexity index is 598. The van der Waals surface area contributed by atoms with Crippen LogP contribution in [0.3, 0.4) is 0 Å². The molecular weight excluding hydrogens is 273 g/mol. The summed E-state index contributed by atoms with van der Waals surface area (Å²) < 4.78 is 39.7. The van der Waals surface area contributed by atoms with Crippen LogP contribution >= 0.6 is 0 Å². The second kappa shape index (κ2) is 5.94. The molecular formula is C12H14FNO4S. The highest BCUT2D eigenvalue weighted by Crippen LogP contribution is 2.17. The fraction of sp³-hybridized carbons (Fsp3) is 0.250. The van der Waals surface area contributed by atoms with Crippen molar-refractivity contribution in [3.8, 4) is 0 Å². The van der Waals surface area contributed by atoms with Crippen molar-refractivity contribution >= 4 is 16.0 Å². The average molecular weight is 287 g/mol. The zero-order valence-electron chi connectivity index (χ0n) is 10.3. The predicted molar refractivity (Wildman–Crippen MR) is 68.0 cm³/mol. The number of rotatable bonds is 6. The Morgan fingerprint density at radius 1 is 1.58 bits per heavy atom. The van der Waals surface area contributed by atoms with Gasteiger partial charge in [0.2, 0.25) is 10.0 Å². The van der Waals surface area contributed by atoms with Gasteiger partial charge in [0.25, 0.3) is 0 Å². The van der Waals surface area contributed by atoms with Crippen LogP contribution < -0.4 is 4.72 Å². The largest absolute Gasteiger partial charge is 0.478 e. The third-order valence-corrected chi connectivity index (χ3v) is 3.95. The summed E-state index contributed by atoms with van der Waals surface area (Å²) in [5.74, 6) is -2.32. The summed E-state index contributed by atoms with van der Waals surface area (Å²) in [6.07, 6.45) is 1.90. The van der Waals surface area contributed by atoms with Gasteiger partial charge < -0.3 is 5.11 Å². The predicted octanol–water partition coefficient (Wildman–Crippen LogP) is 1.77. The van der Waals surface area contributed by atoms with Crippen molar-refractivity contribution in [3.63, 3.8) is 0 Å². The molecule has 0 aliphatic carbocycles. The molecule has 0 aliphatic heterocycles. The molecule has 1 aromatic rings. The number of hydrogen-bond acceptors (Lipinski definition) is 3. The van der Waals surface area contributed by atoms with Crippen LogP contribution in [0.1, 0.15) is 23.7 Å². The summed E-state index contributed by atoms with van der Waals surface area (Å²) in [4.78, 5) is 10.1. The molecule has 0 aromatic heterocycles. The molecule has 0 fully saturated rings. The van der Waals surface area contributed by atoms with E-state index >= 15 is 0 Å². The molecule has 2 N–H and O–H groups in total. The van der Waals surface area contributed by atoms with Crippen LogP contribution in [0.4, 0.5) is 4.39 Å². The zero-order valence-corrected chi connectivity index (χ0v) is 11.1. The summed E-state index contributed by atoms with van der Waals surface area (Å²) in [7, 11) is -4.10. The van der Waals surface area contributed by atoms with Gasteiger partial charge >= 0.3 is 5.97 Å². The number of benzene rings is 1. The Labute approximate surface area is 110 Å². The lowest BCUT2D eigenvalue weighted by molar-refractivity contribution is 0.0696. The Kier molecular flexibility index (Phi) is 4.79. The molecule has 7 heteroatoms. The number of halogens is 1. The van der Waals surface area contributed by atoms with E-state index < -0.39 is 32.7 Å². The molecule has 104 valence electrons. The summed E-state index contributed by atoms with van der Waals surface area (Å²) in [5.41, 5.74) is -0.293. The van der Waals surface area contributed by atoms with Gasteiger partial charge in [-0.25, -0.2) is 22.3 Å². The molecule has 0 aliphatic rings. The Balaban J connectivity index is 3.16. The molecule has 1 rings (SSSR count). The molecule has 0 spiro atoms. The van der Waals surface area contributed by atoms with Gasteiger partial charge in [0, 0.05) is 6.04 Å². The first-order valence-electron chi connectivity index (χ1n) is 5.44. The van der Waals surface area contributed by atoms with Crippen molar-refractivity contribution in [1.29, 1.82) is 0 Å². The van der Waals surface area contributed by atoms with Crippen molar-refractivity contribution in [2.75, 3.05) is 0 Å². The van der Waals surface area contributed by atoms with Gasteiger partial charge in [-0.1, -0.05) is 6.08 Å².